The Morgan fingerprint density at radius 1 is 1.00 bits per heavy atom. The number of rotatable bonds is 3. The Labute approximate surface area is 105 Å². The maximum Gasteiger partial charge on any atom is 0.115 e. The molecule has 0 amide bonds. The first-order chi connectivity index (χ1) is 8.16. The minimum atomic E-state index is -0.192. The summed E-state index contributed by atoms with van der Waals surface area (Å²) >= 11 is 0. The number of phenols is 1. The summed E-state index contributed by atoms with van der Waals surface area (Å²) in [6, 6.07) is 16.1. The molecule has 2 rings (SSSR count). The predicted molar refractivity (Wildman–Crippen MR) is 76.2 cm³/mol. The molecule has 1 nitrogen and oxygen atoms in total. The highest BCUT2D eigenvalue weighted by atomic mass is 32.2. The van der Waals surface area contributed by atoms with E-state index in [-0.39, 0.29) is 10.9 Å². The SMILES string of the molecule is Cc1ccccc1C[SH](C)c1ccc(O)cc1. The van der Waals surface area contributed by atoms with E-state index in [1.165, 1.54) is 16.0 Å². The molecule has 1 atom stereocenters. The van der Waals surface area contributed by atoms with E-state index in [4.69, 9.17) is 0 Å². The largest absolute Gasteiger partial charge is 0.508 e. The van der Waals surface area contributed by atoms with Crippen LogP contribution in [-0.2, 0) is 5.75 Å². The zero-order valence-corrected chi connectivity index (χ0v) is 11.1. The van der Waals surface area contributed by atoms with Crippen molar-refractivity contribution in [3.63, 3.8) is 0 Å². The monoisotopic (exact) mass is 246 g/mol. The van der Waals surface area contributed by atoms with Crippen molar-refractivity contribution in [1.82, 2.24) is 0 Å². The molecule has 0 aromatic heterocycles. The van der Waals surface area contributed by atoms with Gasteiger partial charge in [0.15, 0.2) is 0 Å². The van der Waals surface area contributed by atoms with Crippen LogP contribution in [0.1, 0.15) is 11.1 Å². The van der Waals surface area contributed by atoms with Gasteiger partial charge in [0.05, 0.1) is 0 Å². The van der Waals surface area contributed by atoms with E-state index in [0.29, 0.717) is 5.75 Å². The minimum Gasteiger partial charge on any atom is -0.508 e. The molecular weight excluding hydrogens is 228 g/mol. The fraction of sp³-hybridized carbons (Fsp3) is 0.200. The van der Waals surface area contributed by atoms with E-state index in [1.54, 1.807) is 12.1 Å². The second-order valence-electron chi connectivity index (χ2n) is 4.30. The summed E-state index contributed by atoms with van der Waals surface area (Å²) in [5.74, 6) is 1.44. The molecule has 2 heteroatoms. The second kappa shape index (κ2) is 5.28. The van der Waals surface area contributed by atoms with E-state index in [9.17, 15) is 5.11 Å². The lowest BCUT2D eigenvalue weighted by molar-refractivity contribution is 0.475. The summed E-state index contributed by atoms with van der Waals surface area (Å²) in [5, 5.41) is 9.28. The summed E-state index contributed by atoms with van der Waals surface area (Å²) in [7, 11) is -0.192. The van der Waals surface area contributed by atoms with E-state index in [2.05, 4.69) is 37.4 Å². The number of hydrogen-bond donors (Lipinski definition) is 2. The average molecular weight is 246 g/mol. The van der Waals surface area contributed by atoms with Gasteiger partial charge in [0.1, 0.15) is 5.75 Å². The van der Waals surface area contributed by atoms with Crippen LogP contribution >= 0.6 is 10.9 Å². The molecule has 1 N–H and O–H groups in total. The molecule has 0 saturated carbocycles. The highest BCUT2D eigenvalue weighted by Crippen LogP contribution is 2.37. The summed E-state index contributed by atoms with van der Waals surface area (Å²) in [5.41, 5.74) is 2.79. The first-order valence-electron chi connectivity index (χ1n) is 5.71. The van der Waals surface area contributed by atoms with Crippen molar-refractivity contribution in [2.24, 2.45) is 0 Å². The third-order valence-electron chi connectivity index (χ3n) is 2.96. The van der Waals surface area contributed by atoms with Crippen LogP contribution in [0.2, 0.25) is 0 Å². The van der Waals surface area contributed by atoms with Crippen LogP contribution in [0.4, 0.5) is 0 Å². The molecular formula is C15H18OS. The van der Waals surface area contributed by atoms with Crippen LogP contribution < -0.4 is 0 Å². The Kier molecular flexibility index (Phi) is 3.75. The fourth-order valence-electron chi connectivity index (χ4n) is 1.84. The maximum absolute atomic E-state index is 9.28. The normalized spacial score (nSPS) is 13.4. The Morgan fingerprint density at radius 3 is 2.29 bits per heavy atom. The summed E-state index contributed by atoms with van der Waals surface area (Å²) < 4.78 is 0. The molecule has 90 valence electrons. The number of hydrogen-bond acceptors (Lipinski definition) is 1. The predicted octanol–water partition coefficient (Wildman–Crippen LogP) is 3.89. The lowest BCUT2D eigenvalue weighted by Gasteiger charge is -2.18. The van der Waals surface area contributed by atoms with Gasteiger partial charge in [-0.15, -0.1) is 0 Å². The quantitative estimate of drug-likeness (QED) is 0.787. The standard InChI is InChI=1S/C15H18OS/c1-12-5-3-4-6-13(12)11-17(2)15-9-7-14(16)8-10-15/h3-10,16-17H,11H2,1-2H3. The van der Waals surface area contributed by atoms with E-state index in [1.807, 2.05) is 12.1 Å². The highest BCUT2D eigenvalue weighted by molar-refractivity contribution is 8.15. The lowest BCUT2D eigenvalue weighted by Crippen LogP contribution is -1.90. The van der Waals surface area contributed by atoms with Crippen molar-refractivity contribution in [2.75, 3.05) is 6.26 Å². The number of benzene rings is 2. The van der Waals surface area contributed by atoms with Crippen LogP contribution in [0, 0.1) is 6.92 Å². The Hall–Kier alpha value is -1.41. The zero-order valence-electron chi connectivity index (χ0n) is 10.2. The molecule has 0 spiro atoms. The highest BCUT2D eigenvalue weighted by Gasteiger charge is 2.04. The van der Waals surface area contributed by atoms with Gasteiger partial charge < -0.3 is 5.11 Å². The molecule has 0 aliphatic rings. The molecule has 2 aromatic rings. The Morgan fingerprint density at radius 2 is 1.65 bits per heavy atom. The molecule has 0 aliphatic heterocycles. The lowest BCUT2D eigenvalue weighted by atomic mass is 10.1. The van der Waals surface area contributed by atoms with Gasteiger partial charge in [0.25, 0.3) is 0 Å². The van der Waals surface area contributed by atoms with Gasteiger partial charge in [-0.1, -0.05) is 24.3 Å². The second-order valence-corrected chi connectivity index (χ2v) is 6.53. The Bertz CT molecular complexity index is 491. The summed E-state index contributed by atoms with van der Waals surface area (Å²) in [4.78, 5) is 1.33. The van der Waals surface area contributed by atoms with Crippen molar-refractivity contribution in [2.45, 2.75) is 17.6 Å². The van der Waals surface area contributed by atoms with Gasteiger partial charge in [-0.2, -0.15) is 0 Å². The molecule has 0 fully saturated rings. The molecule has 0 aliphatic carbocycles. The van der Waals surface area contributed by atoms with Crippen LogP contribution in [-0.4, -0.2) is 11.4 Å². The third kappa shape index (κ3) is 3.04. The van der Waals surface area contributed by atoms with Crippen LogP contribution in [0.25, 0.3) is 0 Å². The van der Waals surface area contributed by atoms with Gasteiger partial charge >= 0.3 is 0 Å². The molecule has 0 heterocycles. The van der Waals surface area contributed by atoms with Crippen LogP contribution in [0.15, 0.2) is 53.4 Å². The molecule has 0 radical (unpaired) electrons. The van der Waals surface area contributed by atoms with Crippen molar-refractivity contribution < 1.29 is 5.11 Å². The first kappa shape index (κ1) is 12.1. The minimum absolute atomic E-state index is 0.192. The summed E-state index contributed by atoms with van der Waals surface area (Å²) in [6.07, 6.45) is 2.29. The van der Waals surface area contributed by atoms with E-state index < -0.39 is 0 Å². The van der Waals surface area contributed by atoms with Gasteiger partial charge in [-0.05, 0) is 53.5 Å². The van der Waals surface area contributed by atoms with Gasteiger partial charge in [0, 0.05) is 5.75 Å². The molecule has 0 saturated heterocycles. The molecule has 1 unspecified atom stereocenters. The summed E-state index contributed by atoms with van der Waals surface area (Å²) in [6.45, 7) is 2.16. The van der Waals surface area contributed by atoms with Crippen molar-refractivity contribution >= 4 is 10.9 Å². The number of phenolic OH excluding ortho intramolecular Hbond substituents is 1. The number of thiol groups is 1. The van der Waals surface area contributed by atoms with Gasteiger partial charge in [0.2, 0.25) is 0 Å². The maximum atomic E-state index is 9.28. The number of aromatic hydroxyl groups is 1. The topological polar surface area (TPSA) is 20.2 Å². The smallest absolute Gasteiger partial charge is 0.115 e. The van der Waals surface area contributed by atoms with Gasteiger partial charge in [-0.3, -0.25) is 0 Å². The van der Waals surface area contributed by atoms with Crippen molar-refractivity contribution in [3.05, 3.63) is 59.7 Å². The van der Waals surface area contributed by atoms with Crippen LogP contribution in [0.5, 0.6) is 5.75 Å². The van der Waals surface area contributed by atoms with Crippen LogP contribution in [0.3, 0.4) is 0 Å². The Balaban J connectivity index is 2.14. The van der Waals surface area contributed by atoms with Crippen molar-refractivity contribution in [1.29, 1.82) is 0 Å². The first-order valence-corrected chi connectivity index (χ1v) is 7.69. The van der Waals surface area contributed by atoms with Gasteiger partial charge in [-0.25, -0.2) is 10.9 Å². The average Bonchev–Trinajstić information content (AvgIpc) is 2.33. The van der Waals surface area contributed by atoms with E-state index >= 15 is 0 Å². The molecule has 2 aromatic carbocycles. The molecule has 17 heavy (non-hydrogen) atoms. The third-order valence-corrected chi connectivity index (χ3v) is 4.95. The zero-order chi connectivity index (χ0) is 12.3. The van der Waals surface area contributed by atoms with E-state index in [0.717, 1.165) is 5.75 Å². The fourth-order valence-corrected chi connectivity index (χ4v) is 3.55. The van der Waals surface area contributed by atoms with Crippen molar-refractivity contribution in [3.8, 4) is 5.75 Å². The molecule has 0 bridgehead atoms. The number of aryl methyl sites for hydroxylation is 1.